The van der Waals surface area contributed by atoms with E-state index in [-0.39, 0.29) is 10.9 Å². The predicted molar refractivity (Wildman–Crippen MR) is 88.8 cm³/mol. The maximum Gasteiger partial charge on any atom is 0.268 e. The van der Waals surface area contributed by atoms with Crippen LogP contribution in [-0.2, 0) is 10.0 Å². The topological polar surface area (TPSA) is 55.8 Å². The van der Waals surface area contributed by atoms with Gasteiger partial charge in [0.15, 0.2) is 0 Å². The van der Waals surface area contributed by atoms with Crippen LogP contribution in [0.4, 0.5) is 5.69 Å². The normalized spacial score (nSPS) is 17.3. The Hall–Kier alpha value is -2.21. The second-order valence-electron chi connectivity index (χ2n) is 5.58. The van der Waals surface area contributed by atoms with E-state index in [1.165, 1.54) is 11.4 Å². The first-order valence-electron chi connectivity index (χ1n) is 7.36. The van der Waals surface area contributed by atoms with Gasteiger partial charge >= 0.3 is 0 Å². The first-order valence-corrected chi connectivity index (χ1v) is 8.80. The fourth-order valence-corrected chi connectivity index (χ4v) is 4.63. The van der Waals surface area contributed by atoms with Crippen LogP contribution in [0.25, 0.3) is 0 Å². The van der Waals surface area contributed by atoms with Crippen LogP contribution >= 0.6 is 0 Å². The van der Waals surface area contributed by atoms with Crippen molar-refractivity contribution >= 4 is 15.7 Å². The Labute approximate surface area is 136 Å². The molecule has 0 spiro atoms. The third kappa shape index (κ3) is 2.63. The average molecular weight is 333 g/mol. The Morgan fingerprint density at radius 3 is 2.70 bits per heavy atom. The first-order chi connectivity index (χ1) is 10.9. The van der Waals surface area contributed by atoms with Crippen molar-refractivity contribution in [3.8, 4) is 11.5 Å². The summed E-state index contributed by atoms with van der Waals surface area (Å²) in [6.45, 7) is 4.00. The molecule has 1 aliphatic heterocycles. The Balaban J connectivity index is 2.19. The molecule has 6 heteroatoms. The summed E-state index contributed by atoms with van der Waals surface area (Å²) in [4.78, 5) is 0.170. The van der Waals surface area contributed by atoms with Crippen LogP contribution < -0.4 is 13.8 Å². The van der Waals surface area contributed by atoms with E-state index >= 15 is 0 Å². The molecule has 1 atom stereocenters. The molecule has 23 heavy (non-hydrogen) atoms. The van der Waals surface area contributed by atoms with Crippen molar-refractivity contribution in [3.05, 3.63) is 48.0 Å². The minimum Gasteiger partial charge on any atom is -0.495 e. The van der Waals surface area contributed by atoms with Crippen LogP contribution in [0, 0.1) is 6.92 Å². The molecule has 5 nitrogen and oxygen atoms in total. The summed E-state index contributed by atoms with van der Waals surface area (Å²) < 4.78 is 38.9. The molecule has 0 aliphatic carbocycles. The Morgan fingerprint density at radius 2 is 1.96 bits per heavy atom. The van der Waals surface area contributed by atoms with Gasteiger partial charge in [-0.25, -0.2) is 8.42 Å². The lowest BCUT2D eigenvalue weighted by Crippen LogP contribution is -2.45. The molecule has 0 bridgehead atoms. The van der Waals surface area contributed by atoms with Crippen LogP contribution in [0.15, 0.2) is 47.4 Å². The number of hydrogen-bond donors (Lipinski definition) is 0. The highest BCUT2D eigenvalue weighted by Gasteiger charge is 2.36. The molecule has 1 unspecified atom stereocenters. The van der Waals surface area contributed by atoms with Crippen LogP contribution in [-0.4, -0.2) is 28.2 Å². The van der Waals surface area contributed by atoms with E-state index in [9.17, 15) is 8.42 Å². The van der Waals surface area contributed by atoms with Gasteiger partial charge in [-0.05, 0) is 43.7 Å². The number of methoxy groups -OCH3 is 1. The fourth-order valence-electron chi connectivity index (χ4n) is 2.73. The number of anilines is 1. The molecule has 3 rings (SSSR count). The lowest BCUT2D eigenvalue weighted by atomic mass is 10.2. The molecule has 0 N–H and O–H groups in total. The largest absolute Gasteiger partial charge is 0.495 e. The molecule has 0 radical (unpaired) electrons. The molecule has 2 aromatic carbocycles. The third-order valence-corrected chi connectivity index (χ3v) is 5.79. The van der Waals surface area contributed by atoms with E-state index in [0.717, 1.165) is 5.56 Å². The minimum atomic E-state index is -3.76. The second-order valence-corrected chi connectivity index (χ2v) is 7.37. The van der Waals surface area contributed by atoms with Crippen molar-refractivity contribution in [2.24, 2.45) is 0 Å². The van der Waals surface area contributed by atoms with Gasteiger partial charge in [-0.15, -0.1) is 0 Å². The number of fused-ring (bicyclic) bond motifs is 1. The number of aryl methyl sites for hydroxylation is 1. The molecule has 1 aliphatic rings. The summed E-state index contributed by atoms with van der Waals surface area (Å²) in [6, 6.07) is 12.0. The zero-order valence-electron chi connectivity index (χ0n) is 13.3. The van der Waals surface area contributed by atoms with Gasteiger partial charge in [0.2, 0.25) is 0 Å². The molecule has 0 saturated heterocycles. The lowest BCUT2D eigenvalue weighted by Gasteiger charge is -2.35. The predicted octanol–water partition coefficient (Wildman–Crippen LogP) is 2.98. The van der Waals surface area contributed by atoms with E-state index in [1.54, 1.807) is 30.3 Å². The Morgan fingerprint density at radius 1 is 1.22 bits per heavy atom. The van der Waals surface area contributed by atoms with E-state index in [2.05, 4.69) is 0 Å². The van der Waals surface area contributed by atoms with E-state index in [1.807, 2.05) is 26.0 Å². The monoisotopic (exact) mass is 333 g/mol. The average Bonchev–Trinajstić information content (AvgIpc) is 2.54. The van der Waals surface area contributed by atoms with Crippen LogP contribution in [0.2, 0.25) is 0 Å². The van der Waals surface area contributed by atoms with E-state index < -0.39 is 10.0 Å². The van der Waals surface area contributed by atoms with E-state index in [0.29, 0.717) is 23.8 Å². The molecule has 1 heterocycles. The maximum atomic E-state index is 13.3. The van der Waals surface area contributed by atoms with Crippen LogP contribution in [0.3, 0.4) is 0 Å². The molecule has 122 valence electrons. The van der Waals surface area contributed by atoms with Gasteiger partial charge in [0.25, 0.3) is 10.0 Å². The summed E-state index contributed by atoms with van der Waals surface area (Å²) in [7, 11) is -2.29. The highest BCUT2D eigenvalue weighted by Crippen LogP contribution is 2.39. The Bertz CT molecular complexity index is 832. The molecule has 0 amide bonds. The number of para-hydroxylation sites is 2. The summed E-state index contributed by atoms with van der Waals surface area (Å²) >= 11 is 0. The summed E-state index contributed by atoms with van der Waals surface area (Å²) in [5, 5.41) is 0. The summed E-state index contributed by atoms with van der Waals surface area (Å²) in [6.07, 6.45) is 0. The van der Waals surface area contributed by atoms with E-state index in [4.69, 9.17) is 9.47 Å². The minimum absolute atomic E-state index is 0.170. The SMILES string of the molecule is COc1ccc(C)cc1S(=O)(=O)N1c2ccccc2OCC1C. The molecule has 0 saturated carbocycles. The smallest absolute Gasteiger partial charge is 0.268 e. The van der Waals surface area contributed by atoms with Crippen LogP contribution in [0.1, 0.15) is 12.5 Å². The zero-order valence-corrected chi connectivity index (χ0v) is 14.1. The molecular weight excluding hydrogens is 314 g/mol. The van der Waals surface area contributed by atoms with Crippen molar-refractivity contribution in [2.75, 3.05) is 18.0 Å². The van der Waals surface area contributed by atoms with Gasteiger partial charge in [-0.2, -0.15) is 0 Å². The van der Waals surface area contributed by atoms with Crippen molar-refractivity contribution in [2.45, 2.75) is 24.8 Å². The third-order valence-electron chi connectivity index (χ3n) is 3.84. The molecular formula is C17H19NO4S. The zero-order chi connectivity index (χ0) is 16.6. The highest BCUT2D eigenvalue weighted by atomic mass is 32.2. The number of hydrogen-bond acceptors (Lipinski definition) is 4. The Kier molecular flexibility index (Phi) is 3.93. The highest BCUT2D eigenvalue weighted by molar-refractivity contribution is 7.93. The van der Waals surface area contributed by atoms with Crippen molar-refractivity contribution in [3.63, 3.8) is 0 Å². The maximum absolute atomic E-state index is 13.3. The number of rotatable bonds is 3. The quantitative estimate of drug-likeness (QED) is 0.866. The van der Waals surface area contributed by atoms with Gasteiger partial charge in [0.05, 0.1) is 18.8 Å². The van der Waals surface area contributed by atoms with Gasteiger partial charge in [-0.1, -0.05) is 18.2 Å². The van der Waals surface area contributed by atoms with Crippen LogP contribution in [0.5, 0.6) is 11.5 Å². The molecule has 0 fully saturated rings. The van der Waals surface area contributed by atoms with Crippen molar-refractivity contribution in [1.82, 2.24) is 0 Å². The second kappa shape index (κ2) is 5.77. The standard InChI is InChI=1S/C17H19NO4S/c1-12-8-9-16(21-3)17(10-12)23(19,20)18-13(2)11-22-15-7-5-4-6-14(15)18/h4-10,13H,11H2,1-3H3. The number of ether oxygens (including phenoxy) is 2. The summed E-state index contributed by atoms with van der Waals surface area (Å²) in [5.41, 5.74) is 1.41. The van der Waals surface area contributed by atoms with Gasteiger partial charge in [-0.3, -0.25) is 4.31 Å². The molecule has 2 aromatic rings. The van der Waals surface area contributed by atoms with Gasteiger partial charge in [0, 0.05) is 0 Å². The van der Waals surface area contributed by atoms with Gasteiger partial charge in [0.1, 0.15) is 23.0 Å². The first kappa shape index (κ1) is 15.7. The number of nitrogens with zero attached hydrogens (tertiary/aromatic N) is 1. The fraction of sp³-hybridized carbons (Fsp3) is 0.294. The van der Waals surface area contributed by atoms with Crippen molar-refractivity contribution < 1.29 is 17.9 Å². The number of sulfonamides is 1. The lowest BCUT2D eigenvalue weighted by molar-refractivity contribution is 0.281. The summed E-state index contributed by atoms with van der Waals surface area (Å²) in [5.74, 6) is 0.910. The number of benzene rings is 2. The van der Waals surface area contributed by atoms with Gasteiger partial charge < -0.3 is 9.47 Å². The van der Waals surface area contributed by atoms with Crippen molar-refractivity contribution in [1.29, 1.82) is 0 Å². The molecule has 0 aromatic heterocycles.